The molecular formula is C25H30N6O6S. The Morgan fingerprint density at radius 2 is 1.87 bits per heavy atom. The normalized spacial score (nSPS) is 12.4. The second-order valence-electron chi connectivity index (χ2n) is 8.31. The van der Waals surface area contributed by atoms with Crippen LogP contribution in [0.5, 0.6) is 17.2 Å². The highest BCUT2D eigenvalue weighted by atomic mass is 32.1. The van der Waals surface area contributed by atoms with Crippen LogP contribution in [0, 0.1) is 6.92 Å². The first-order valence-corrected chi connectivity index (χ1v) is 12.8. The lowest BCUT2D eigenvalue weighted by Crippen LogP contribution is -2.31. The van der Waals surface area contributed by atoms with Crippen molar-refractivity contribution in [3.8, 4) is 17.2 Å². The summed E-state index contributed by atoms with van der Waals surface area (Å²) in [5, 5.41) is 6.98. The Balaban J connectivity index is 1.64. The van der Waals surface area contributed by atoms with Gasteiger partial charge in [0, 0.05) is 25.1 Å². The van der Waals surface area contributed by atoms with Gasteiger partial charge in [0.2, 0.25) is 18.1 Å². The van der Waals surface area contributed by atoms with Gasteiger partial charge in [0.25, 0.3) is 0 Å². The number of hydrogen-bond donors (Lipinski definition) is 2. The van der Waals surface area contributed by atoms with E-state index < -0.39 is 5.97 Å². The van der Waals surface area contributed by atoms with Gasteiger partial charge < -0.3 is 29.2 Å². The van der Waals surface area contributed by atoms with E-state index in [0.717, 1.165) is 23.2 Å². The van der Waals surface area contributed by atoms with E-state index >= 15 is 0 Å². The molecule has 0 saturated carbocycles. The molecule has 1 aromatic carbocycles. The van der Waals surface area contributed by atoms with Crippen molar-refractivity contribution in [2.24, 2.45) is 0 Å². The van der Waals surface area contributed by atoms with Crippen LogP contribution >= 0.6 is 11.3 Å². The zero-order valence-electron chi connectivity index (χ0n) is 21.9. The van der Waals surface area contributed by atoms with Crippen molar-refractivity contribution in [3.63, 3.8) is 0 Å². The number of carbonyl (C=O) groups is 2. The predicted octanol–water partition coefficient (Wildman–Crippen LogP) is 3.31. The second kappa shape index (κ2) is 11.9. The van der Waals surface area contributed by atoms with Crippen LogP contribution in [0.2, 0.25) is 0 Å². The van der Waals surface area contributed by atoms with Crippen LogP contribution in [-0.2, 0) is 29.0 Å². The number of hydrogen-bond acceptors (Lipinski definition) is 12. The predicted molar refractivity (Wildman–Crippen MR) is 142 cm³/mol. The number of aryl methyl sites for hydroxylation is 1. The molecule has 2 aromatic heterocycles. The van der Waals surface area contributed by atoms with Crippen molar-refractivity contribution >= 4 is 40.6 Å². The topological polar surface area (TPSA) is 137 Å². The molecular weight excluding hydrogens is 512 g/mol. The fourth-order valence-corrected chi connectivity index (χ4v) is 4.94. The summed E-state index contributed by atoms with van der Waals surface area (Å²) in [4.78, 5) is 39.6. The van der Waals surface area contributed by atoms with Gasteiger partial charge in [-0.15, -0.1) is 0 Å². The minimum Gasteiger partial charge on any atom is -0.493 e. The third-order valence-corrected chi connectivity index (χ3v) is 6.95. The molecule has 13 heteroatoms. The maximum atomic E-state index is 12.2. The summed E-state index contributed by atoms with van der Waals surface area (Å²) in [7, 11) is 4.68. The number of thiazole rings is 1. The van der Waals surface area contributed by atoms with Crippen molar-refractivity contribution in [3.05, 3.63) is 39.5 Å². The van der Waals surface area contributed by atoms with Gasteiger partial charge in [-0.2, -0.15) is 4.98 Å². The molecule has 0 saturated heterocycles. The number of anilines is 3. The minimum absolute atomic E-state index is 0.283. The number of benzene rings is 1. The van der Waals surface area contributed by atoms with E-state index in [2.05, 4.69) is 20.6 Å². The van der Waals surface area contributed by atoms with Crippen molar-refractivity contribution in [1.29, 1.82) is 0 Å². The minimum atomic E-state index is -0.413. The summed E-state index contributed by atoms with van der Waals surface area (Å²) in [5.74, 6) is 2.09. The molecule has 38 heavy (non-hydrogen) atoms. The molecule has 1 aliphatic rings. The zero-order valence-corrected chi connectivity index (χ0v) is 22.7. The summed E-state index contributed by atoms with van der Waals surface area (Å²) >= 11 is 1.18. The average molecular weight is 543 g/mol. The number of fused-ring (bicyclic) bond motifs is 1. The van der Waals surface area contributed by atoms with Gasteiger partial charge in [-0.25, -0.2) is 14.8 Å². The highest BCUT2D eigenvalue weighted by Crippen LogP contribution is 2.38. The van der Waals surface area contributed by atoms with Gasteiger partial charge in [0.05, 0.1) is 45.9 Å². The molecule has 0 atom stereocenters. The van der Waals surface area contributed by atoms with E-state index in [4.69, 9.17) is 23.9 Å². The smallest absolute Gasteiger partial charge is 0.350 e. The Kier molecular flexibility index (Phi) is 8.46. The van der Waals surface area contributed by atoms with Gasteiger partial charge in [-0.3, -0.25) is 10.1 Å². The molecule has 12 nitrogen and oxygen atoms in total. The lowest BCUT2D eigenvalue weighted by molar-refractivity contribution is -0.118. The molecule has 2 N–H and O–H groups in total. The number of nitrogens with one attached hydrogen (secondary N) is 2. The van der Waals surface area contributed by atoms with Crippen LogP contribution in [0.3, 0.4) is 0 Å². The number of aromatic nitrogens is 3. The Bertz CT molecular complexity index is 1300. The molecule has 3 aromatic rings. The van der Waals surface area contributed by atoms with Crippen LogP contribution in [0.15, 0.2) is 12.1 Å². The summed E-state index contributed by atoms with van der Waals surface area (Å²) in [6.45, 7) is 5.13. The lowest BCUT2D eigenvalue weighted by Gasteiger charge is -2.26. The number of esters is 1. The standard InChI is InChI=1S/C25H30N6O6S/c1-6-37-23(33)21-14(2)27-25(38-21)30-24-28-17-7-8-31(13-32)12-16(17)22(29-24)26-11-15-9-18(34-3)20(36-5)19(10-15)35-4/h9-10,13H,6-8,11-12H2,1-5H3,(H2,26,27,28,29,30). The molecule has 0 fully saturated rings. The summed E-state index contributed by atoms with van der Waals surface area (Å²) in [6, 6.07) is 3.71. The molecule has 0 bridgehead atoms. The summed E-state index contributed by atoms with van der Waals surface area (Å²) in [6.07, 6.45) is 1.41. The number of ether oxygens (including phenoxy) is 4. The molecule has 0 spiro atoms. The quantitative estimate of drug-likeness (QED) is 0.273. The first kappa shape index (κ1) is 26.9. The Morgan fingerprint density at radius 1 is 1.13 bits per heavy atom. The van der Waals surface area contributed by atoms with Gasteiger partial charge in [-0.05, 0) is 31.5 Å². The van der Waals surface area contributed by atoms with Crippen LogP contribution in [0.1, 0.15) is 39.1 Å². The first-order chi connectivity index (χ1) is 18.4. The van der Waals surface area contributed by atoms with Crippen LogP contribution < -0.4 is 24.8 Å². The SMILES string of the molecule is CCOC(=O)c1sc(Nc2nc3c(c(NCc4cc(OC)c(OC)c(OC)c4)n2)CN(C=O)CC3)nc1C. The average Bonchev–Trinajstić information content (AvgIpc) is 3.30. The maximum absolute atomic E-state index is 12.2. The van der Waals surface area contributed by atoms with E-state index in [1.54, 1.807) is 40.1 Å². The largest absolute Gasteiger partial charge is 0.493 e. The molecule has 1 amide bonds. The number of carbonyl (C=O) groups excluding carboxylic acids is 2. The summed E-state index contributed by atoms with van der Waals surface area (Å²) in [5.41, 5.74) is 3.10. The number of amides is 1. The Hall–Kier alpha value is -4.13. The third-order valence-electron chi connectivity index (χ3n) is 5.90. The summed E-state index contributed by atoms with van der Waals surface area (Å²) < 4.78 is 21.5. The molecule has 3 heterocycles. The van der Waals surface area contributed by atoms with Gasteiger partial charge in [0.15, 0.2) is 16.6 Å². The van der Waals surface area contributed by atoms with E-state index in [9.17, 15) is 9.59 Å². The van der Waals surface area contributed by atoms with E-state index in [1.165, 1.54) is 11.3 Å². The fraction of sp³-hybridized carbons (Fsp3) is 0.400. The number of rotatable bonds is 11. The van der Waals surface area contributed by atoms with E-state index in [1.807, 2.05) is 12.1 Å². The number of nitrogens with zero attached hydrogens (tertiary/aromatic N) is 4. The van der Waals surface area contributed by atoms with Gasteiger partial charge in [-0.1, -0.05) is 11.3 Å². The highest BCUT2D eigenvalue weighted by molar-refractivity contribution is 7.17. The van der Waals surface area contributed by atoms with Crippen molar-refractivity contribution in [2.45, 2.75) is 33.4 Å². The molecule has 0 unspecified atom stereocenters. The van der Waals surface area contributed by atoms with E-state index in [0.29, 0.717) is 70.8 Å². The van der Waals surface area contributed by atoms with E-state index in [-0.39, 0.29) is 6.61 Å². The van der Waals surface area contributed by atoms with Crippen LogP contribution in [0.25, 0.3) is 0 Å². The van der Waals surface area contributed by atoms with Crippen molar-refractivity contribution < 1.29 is 28.5 Å². The molecule has 1 aliphatic heterocycles. The van der Waals surface area contributed by atoms with Gasteiger partial charge >= 0.3 is 5.97 Å². The van der Waals surface area contributed by atoms with Crippen molar-refractivity contribution in [2.75, 3.05) is 45.1 Å². The van der Waals surface area contributed by atoms with Crippen LogP contribution in [-0.4, -0.2) is 66.7 Å². The maximum Gasteiger partial charge on any atom is 0.350 e. The first-order valence-electron chi connectivity index (χ1n) is 11.9. The lowest BCUT2D eigenvalue weighted by atomic mass is 10.1. The Labute approximate surface area is 224 Å². The van der Waals surface area contributed by atoms with Crippen LogP contribution in [0.4, 0.5) is 16.9 Å². The zero-order chi connectivity index (χ0) is 27.2. The molecule has 4 rings (SSSR count). The fourth-order valence-electron chi connectivity index (χ4n) is 4.08. The number of methoxy groups -OCH3 is 3. The second-order valence-corrected chi connectivity index (χ2v) is 9.31. The molecule has 202 valence electrons. The Morgan fingerprint density at radius 3 is 2.50 bits per heavy atom. The third kappa shape index (κ3) is 5.72. The highest BCUT2D eigenvalue weighted by Gasteiger charge is 2.23. The van der Waals surface area contributed by atoms with Gasteiger partial charge in [0.1, 0.15) is 10.7 Å². The monoisotopic (exact) mass is 542 g/mol. The molecule has 0 radical (unpaired) electrons. The van der Waals surface area contributed by atoms with Crippen molar-refractivity contribution in [1.82, 2.24) is 19.9 Å². The molecule has 0 aliphatic carbocycles.